The van der Waals surface area contributed by atoms with Crippen molar-refractivity contribution in [2.75, 3.05) is 0 Å². The van der Waals surface area contributed by atoms with Gasteiger partial charge in [-0.25, -0.2) is 4.63 Å². The molecule has 9 heteroatoms. The molecule has 7 nitrogen and oxygen atoms in total. The van der Waals surface area contributed by atoms with Gasteiger partial charge in [-0.1, -0.05) is 66.2 Å². The zero-order chi connectivity index (χ0) is 28.9. The van der Waals surface area contributed by atoms with Crippen LogP contribution in [0.1, 0.15) is 42.4 Å². The quantitative estimate of drug-likeness (QED) is 0.159. The Labute approximate surface area is 257 Å². The van der Waals surface area contributed by atoms with Gasteiger partial charge in [0.2, 0.25) is 0 Å². The van der Waals surface area contributed by atoms with Crippen LogP contribution in [0.25, 0.3) is 22.2 Å². The Morgan fingerprint density at radius 2 is 1.62 bits per heavy atom. The molecule has 0 aliphatic heterocycles. The number of ether oxygens (including phenoxy) is 2. The average molecular weight is 649 g/mol. The monoisotopic (exact) mass is 647 g/mol. The second-order valence-corrected chi connectivity index (χ2v) is 11.8. The van der Waals surface area contributed by atoms with Crippen LogP contribution in [0, 0.1) is 0 Å². The lowest BCUT2D eigenvalue weighted by atomic mass is 9.93. The summed E-state index contributed by atoms with van der Waals surface area (Å²) in [7, 11) is 0. The first-order chi connectivity index (χ1) is 20.5. The van der Waals surface area contributed by atoms with Crippen molar-refractivity contribution >= 4 is 38.6 Å². The number of fused-ring (bicyclic) bond motifs is 1. The molecule has 0 spiro atoms. The number of nitrogens with zero attached hydrogens (tertiary/aromatic N) is 2. The summed E-state index contributed by atoms with van der Waals surface area (Å²) in [6, 6.07) is 26.2. The van der Waals surface area contributed by atoms with E-state index in [-0.39, 0.29) is 6.10 Å². The molecule has 1 fully saturated rings. The van der Waals surface area contributed by atoms with Gasteiger partial charge in [0.05, 0.1) is 11.1 Å². The molecule has 6 rings (SSSR count). The van der Waals surface area contributed by atoms with Crippen molar-refractivity contribution in [2.24, 2.45) is 0 Å². The molecule has 4 aromatic carbocycles. The lowest BCUT2D eigenvalue weighted by Gasteiger charge is -2.26. The van der Waals surface area contributed by atoms with Crippen molar-refractivity contribution in [3.05, 3.63) is 105 Å². The highest BCUT2D eigenvalue weighted by molar-refractivity contribution is 9.10. The van der Waals surface area contributed by atoms with Crippen LogP contribution >= 0.6 is 27.5 Å². The van der Waals surface area contributed by atoms with Crippen LogP contribution in [-0.2, 0) is 19.8 Å². The number of benzene rings is 4. The zero-order valence-corrected chi connectivity index (χ0v) is 25.3. The summed E-state index contributed by atoms with van der Waals surface area (Å²) in [5.74, 6) is 1.23. The highest BCUT2D eigenvalue weighted by Gasteiger charge is 2.20. The molecular weight excluding hydrogens is 618 g/mol. The molecule has 2 N–H and O–H groups in total. The third kappa shape index (κ3) is 6.79. The van der Waals surface area contributed by atoms with Crippen molar-refractivity contribution in [1.29, 1.82) is 0 Å². The van der Waals surface area contributed by atoms with Gasteiger partial charge < -0.3 is 19.9 Å². The predicted molar refractivity (Wildman–Crippen MR) is 167 cm³/mol. The van der Waals surface area contributed by atoms with E-state index in [0.29, 0.717) is 53.4 Å². The van der Waals surface area contributed by atoms with Gasteiger partial charge in [0.15, 0.2) is 0 Å². The molecule has 1 aliphatic rings. The van der Waals surface area contributed by atoms with Crippen LogP contribution in [0.2, 0.25) is 5.02 Å². The maximum absolute atomic E-state index is 9.88. The van der Waals surface area contributed by atoms with Gasteiger partial charge in [0.25, 0.3) is 0 Å². The van der Waals surface area contributed by atoms with E-state index in [9.17, 15) is 5.11 Å². The number of aliphatic hydroxyl groups excluding tert-OH is 1. The van der Waals surface area contributed by atoms with Gasteiger partial charge in [0.1, 0.15) is 35.7 Å². The second-order valence-electron chi connectivity index (χ2n) is 10.6. The standard InChI is InChI=1S/C33H31BrClN3O4/c34-33-23(7-4-8-27(33)22-5-2-1-3-6-22)20-41-32-17-31(40-19-21-9-14-29-30(15-21)38-42-37-29)24(16-28(32)35)18-36-25-10-12-26(39)13-11-25/h1-9,14-17,25-26,36,39H,10-13,18-20H2. The Hall–Kier alpha value is -3.43. The Morgan fingerprint density at radius 1 is 0.833 bits per heavy atom. The second kappa shape index (κ2) is 13.3. The van der Waals surface area contributed by atoms with Gasteiger partial charge in [-0.2, -0.15) is 0 Å². The molecule has 0 bridgehead atoms. The van der Waals surface area contributed by atoms with Crippen molar-refractivity contribution < 1.29 is 19.2 Å². The van der Waals surface area contributed by atoms with E-state index in [1.165, 1.54) is 0 Å². The molecule has 0 amide bonds. The van der Waals surface area contributed by atoms with E-state index in [0.717, 1.165) is 58.0 Å². The van der Waals surface area contributed by atoms with E-state index in [1.807, 2.05) is 60.7 Å². The smallest absolute Gasteiger partial charge is 0.142 e. The zero-order valence-electron chi connectivity index (χ0n) is 22.9. The van der Waals surface area contributed by atoms with Crippen LogP contribution < -0.4 is 14.8 Å². The van der Waals surface area contributed by atoms with Gasteiger partial charge in [-0.05, 0) is 86.8 Å². The molecule has 216 valence electrons. The fraction of sp³-hybridized carbons (Fsp3) is 0.273. The number of halogens is 2. The van der Waals surface area contributed by atoms with Gasteiger partial charge >= 0.3 is 0 Å². The molecule has 0 unspecified atom stereocenters. The summed E-state index contributed by atoms with van der Waals surface area (Å²) in [6.07, 6.45) is 3.31. The summed E-state index contributed by atoms with van der Waals surface area (Å²) in [4.78, 5) is 0. The molecule has 1 aliphatic carbocycles. The largest absolute Gasteiger partial charge is 0.488 e. The first-order valence-corrected chi connectivity index (χ1v) is 15.2. The van der Waals surface area contributed by atoms with Crippen LogP contribution in [0.3, 0.4) is 0 Å². The molecule has 1 heterocycles. The summed E-state index contributed by atoms with van der Waals surface area (Å²) in [6.45, 7) is 1.25. The average Bonchev–Trinajstić information content (AvgIpc) is 3.49. The molecule has 0 radical (unpaired) electrons. The minimum absolute atomic E-state index is 0.196. The summed E-state index contributed by atoms with van der Waals surface area (Å²) < 4.78 is 18.4. The Kier molecular flexibility index (Phi) is 9.05. The van der Waals surface area contributed by atoms with E-state index < -0.39 is 0 Å². The van der Waals surface area contributed by atoms with Crippen molar-refractivity contribution in [2.45, 2.75) is 57.6 Å². The number of aromatic nitrogens is 2. The third-order valence-electron chi connectivity index (χ3n) is 7.65. The van der Waals surface area contributed by atoms with Crippen molar-refractivity contribution in [3.63, 3.8) is 0 Å². The first-order valence-electron chi connectivity index (χ1n) is 14.1. The SMILES string of the molecule is OC1CCC(NCc2cc(Cl)c(OCc3cccc(-c4ccccc4)c3Br)cc2OCc2ccc3nonc3c2)CC1. The minimum atomic E-state index is -0.196. The summed E-state index contributed by atoms with van der Waals surface area (Å²) >= 11 is 10.6. The number of hydrogen-bond donors (Lipinski definition) is 2. The Morgan fingerprint density at radius 3 is 2.45 bits per heavy atom. The molecular formula is C33H31BrClN3O4. The van der Waals surface area contributed by atoms with E-state index in [2.05, 4.69) is 49.8 Å². The maximum Gasteiger partial charge on any atom is 0.142 e. The fourth-order valence-corrected chi connectivity index (χ4v) is 6.11. The van der Waals surface area contributed by atoms with Crippen LogP contribution in [-0.4, -0.2) is 27.6 Å². The summed E-state index contributed by atoms with van der Waals surface area (Å²) in [5, 5.41) is 21.8. The van der Waals surface area contributed by atoms with Crippen LogP contribution in [0.5, 0.6) is 11.5 Å². The Balaban J connectivity index is 1.21. The van der Waals surface area contributed by atoms with E-state index >= 15 is 0 Å². The molecule has 0 atom stereocenters. The Bertz CT molecular complexity index is 1650. The summed E-state index contributed by atoms with van der Waals surface area (Å²) in [5.41, 5.74) is 6.50. The van der Waals surface area contributed by atoms with E-state index in [1.54, 1.807) is 0 Å². The van der Waals surface area contributed by atoms with E-state index in [4.69, 9.17) is 25.7 Å². The first kappa shape index (κ1) is 28.7. The normalized spacial score (nSPS) is 16.9. The number of nitrogens with one attached hydrogen (secondary N) is 1. The third-order valence-corrected chi connectivity index (χ3v) is 8.88. The lowest BCUT2D eigenvalue weighted by Crippen LogP contribution is -2.34. The van der Waals surface area contributed by atoms with Crippen molar-refractivity contribution in [1.82, 2.24) is 15.6 Å². The topological polar surface area (TPSA) is 89.6 Å². The highest BCUT2D eigenvalue weighted by Crippen LogP contribution is 2.36. The minimum Gasteiger partial charge on any atom is -0.488 e. The molecule has 1 saturated carbocycles. The molecule has 1 aromatic heterocycles. The highest BCUT2D eigenvalue weighted by atomic mass is 79.9. The molecule has 5 aromatic rings. The predicted octanol–water partition coefficient (Wildman–Crippen LogP) is 7.86. The fourth-order valence-electron chi connectivity index (χ4n) is 5.26. The number of hydrogen-bond acceptors (Lipinski definition) is 7. The van der Waals surface area contributed by atoms with Gasteiger partial charge in [0, 0.05) is 34.3 Å². The van der Waals surface area contributed by atoms with Crippen LogP contribution in [0.15, 0.2) is 88.0 Å². The molecule has 42 heavy (non-hydrogen) atoms. The van der Waals surface area contributed by atoms with Gasteiger partial charge in [-0.15, -0.1) is 0 Å². The number of rotatable bonds is 10. The number of aliphatic hydroxyl groups is 1. The maximum atomic E-state index is 9.88. The lowest BCUT2D eigenvalue weighted by molar-refractivity contribution is 0.116. The van der Waals surface area contributed by atoms with Gasteiger partial charge in [-0.3, -0.25) is 0 Å². The van der Waals surface area contributed by atoms with Crippen molar-refractivity contribution in [3.8, 4) is 22.6 Å². The van der Waals surface area contributed by atoms with Crippen LogP contribution in [0.4, 0.5) is 0 Å². The molecule has 0 saturated heterocycles.